The third kappa shape index (κ3) is 1.83. The first kappa shape index (κ1) is 12.2. The van der Waals surface area contributed by atoms with Crippen LogP contribution in [0, 0.1) is 0 Å². The van der Waals surface area contributed by atoms with E-state index in [4.69, 9.17) is 0 Å². The van der Waals surface area contributed by atoms with Crippen LogP contribution in [0.2, 0.25) is 0 Å². The van der Waals surface area contributed by atoms with Gasteiger partial charge in [-0.1, -0.05) is 67.6 Å². The van der Waals surface area contributed by atoms with Crippen molar-refractivity contribution in [2.45, 2.75) is 31.1 Å². The molecule has 0 fully saturated rings. The molecule has 1 aliphatic carbocycles. The van der Waals surface area contributed by atoms with Crippen molar-refractivity contribution in [1.82, 2.24) is 0 Å². The molecule has 0 aromatic heterocycles. The minimum Gasteiger partial charge on any atom is -0.103 e. The number of fused-ring (bicyclic) bond motifs is 1. The Balaban J connectivity index is 2.21. The van der Waals surface area contributed by atoms with Crippen molar-refractivity contribution >= 4 is 0 Å². The highest BCUT2D eigenvalue weighted by molar-refractivity contribution is 5.50. The first-order valence-electron chi connectivity index (χ1n) is 7.04. The molecule has 0 N–H and O–H groups in total. The fourth-order valence-electron chi connectivity index (χ4n) is 3.69. The van der Waals surface area contributed by atoms with Crippen LogP contribution in [0.3, 0.4) is 0 Å². The van der Waals surface area contributed by atoms with Crippen LogP contribution < -0.4 is 0 Å². The Labute approximate surface area is 115 Å². The van der Waals surface area contributed by atoms with Crippen molar-refractivity contribution in [3.05, 3.63) is 83.9 Å². The summed E-state index contributed by atoms with van der Waals surface area (Å²) in [6, 6.07) is 19.8. The lowest BCUT2D eigenvalue weighted by atomic mass is 9.72. The van der Waals surface area contributed by atoms with E-state index in [1.54, 1.807) is 0 Å². The Hall–Kier alpha value is -1.82. The highest BCUT2D eigenvalue weighted by Crippen LogP contribution is 2.51. The van der Waals surface area contributed by atoms with Gasteiger partial charge in [0.05, 0.1) is 0 Å². The summed E-state index contributed by atoms with van der Waals surface area (Å²) in [6.07, 6.45) is 4.27. The molecule has 0 heteroatoms. The first-order chi connectivity index (χ1) is 9.28. The molecule has 2 aromatic rings. The van der Waals surface area contributed by atoms with Crippen LogP contribution in [-0.4, -0.2) is 0 Å². The van der Waals surface area contributed by atoms with E-state index in [1.807, 2.05) is 0 Å². The van der Waals surface area contributed by atoms with E-state index in [1.165, 1.54) is 23.1 Å². The van der Waals surface area contributed by atoms with Crippen LogP contribution >= 0.6 is 0 Å². The zero-order chi connectivity index (χ0) is 13.3. The molecule has 0 amide bonds. The van der Waals surface area contributed by atoms with Crippen LogP contribution in [0.25, 0.3) is 0 Å². The summed E-state index contributed by atoms with van der Waals surface area (Å²) in [7, 11) is 0. The van der Waals surface area contributed by atoms with Gasteiger partial charge in [-0.15, -0.1) is 6.58 Å². The minimum absolute atomic E-state index is 0.124. The third-order valence-electron chi connectivity index (χ3n) is 4.48. The third-order valence-corrected chi connectivity index (χ3v) is 4.48. The van der Waals surface area contributed by atoms with Gasteiger partial charge in [-0.05, 0) is 35.4 Å². The molecule has 0 spiro atoms. The Morgan fingerprint density at radius 2 is 1.79 bits per heavy atom. The Kier molecular flexibility index (Phi) is 3.02. The van der Waals surface area contributed by atoms with Gasteiger partial charge in [0.15, 0.2) is 0 Å². The van der Waals surface area contributed by atoms with Crippen molar-refractivity contribution in [3.63, 3.8) is 0 Å². The molecule has 0 heterocycles. The van der Waals surface area contributed by atoms with Gasteiger partial charge >= 0.3 is 0 Å². The van der Waals surface area contributed by atoms with Crippen LogP contribution in [0.1, 0.15) is 42.4 Å². The van der Waals surface area contributed by atoms with Crippen LogP contribution in [0.15, 0.2) is 67.3 Å². The molecule has 1 aliphatic rings. The Morgan fingerprint density at radius 1 is 1.11 bits per heavy atom. The summed E-state index contributed by atoms with van der Waals surface area (Å²) < 4.78 is 0. The quantitative estimate of drug-likeness (QED) is 0.666. The lowest BCUT2D eigenvalue weighted by Gasteiger charge is -2.30. The fourth-order valence-corrected chi connectivity index (χ4v) is 3.69. The van der Waals surface area contributed by atoms with E-state index in [2.05, 4.69) is 74.2 Å². The van der Waals surface area contributed by atoms with Gasteiger partial charge < -0.3 is 0 Å². The summed E-state index contributed by atoms with van der Waals surface area (Å²) in [5.74, 6) is 0.622. The van der Waals surface area contributed by atoms with Crippen molar-refractivity contribution in [1.29, 1.82) is 0 Å². The minimum atomic E-state index is 0.124. The fraction of sp³-hybridized carbons (Fsp3) is 0.263. The van der Waals surface area contributed by atoms with Crippen molar-refractivity contribution in [2.75, 3.05) is 0 Å². The largest absolute Gasteiger partial charge is 0.103 e. The van der Waals surface area contributed by atoms with E-state index in [-0.39, 0.29) is 5.41 Å². The predicted molar refractivity (Wildman–Crippen MR) is 81.5 cm³/mol. The second-order valence-corrected chi connectivity index (χ2v) is 5.63. The van der Waals surface area contributed by atoms with E-state index in [9.17, 15) is 0 Å². The number of hydrogen-bond acceptors (Lipinski definition) is 0. The molecule has 2 unspecified atom stereocenters. The van der Waals surface area contributed by atoms with Crippen LogP contribution in [-0.2, 0) is 5.41 Å². The maximum atomic E-state index is 3.99. The summed E-state index contributed by atoms with van der Waals surface area (Å²) in [6.45, 7) is 6.33. The average Bonchev–Trinajstić information content (AvgIpc) is 2.75. The molecule has 0 bridgehead atoms. The second kappa shape index (κ2) is 4.70. The molecule has 0 saturated heterocycles. The Bertz CT molecular complexity index is 582. The maximum absolute atomic E-state index is 3.99. The monoisotopic (exact) mass is 248 g/mol. The van der Waals surface area contributed by atoms with Crippen molar-refractivity contribution in [3.8, 4) is 0 Å². The second-order valence-electron chi connectivity index (χ2n) is 5.63. The van der Waals surface area contributed by atoms with Gasteiger partial charge in [-0.3, -0.25) is 0 Å². The van der Waals surface area contributed by atoms with E-state index in [0.29, 0.717) is 5.92 Å². The lowest BCUT2D eigenvalue weighted by molar-refractivity contribution is 0.486. The number of hydrogen-bond donors (Lipinski definition) is 0. The van der Waals surface area contributed by atoms with E-state index in [0.717, 1.165) is 6.42 Å². The summed E-state index contributed by atoms with van der Waals surface area (Å²) in [5.41, 5.74) is 4.55. The average molecular weight is 248 g/mol. The molecule has 19 heavy (non-hydrogen) atoms. The highest BCUT2D eigenvalue weighted by atomic mass is 14.4. The topological polar surface area (TPSA) is 0 Å². The molecule has 0 nitrogen and oxygen atoms in total. The molecule has 0 aliphatic heterocycles. The zero-order valence-corrected chi connectivity index (χ0v) is 11.5. The molecule has 2 aromatic carbocycles. The predicted octanol–water partition coefficient (Wildman–Crippen LogP) is 5.06. The van der Waals surface area contributed by atoms with Crippen molar-refractivity contribution < 1.29 is 0 Å². The standard InChI is InChI=1S/C19H20/c1-3-13-19(16-9-5-4-6-10-16)14-15(2)17-11-7-8-12-18(17)19/h3-12,15H,1,13-14H2,2H3. The van der Waals surface area contributed by atoms with Gasteiger partial charge in [0.2, 0.25) is 0 Å². The highest BCUT2D eigenvalue weighted by Gasteiger charge is 2.42. The van der Waals surface area contributed by atoms with E-state index >= 15 is 0 Å². The maximum Gasteiger partial charge on any atom is 0.0245 e. The molecule has 0 saturated carbocycles. The molecule has 3 rings (SSSR count). The summed E-state index contributed by atoms with van der Waals surface area (Å²) in [4.78, 5) is 0. The Morgan fingerprint density at radius 3 is 2.53 bits per heavy atom. The number of allylic oxidation sites excluding steroid dienone is 1. The van der Waals surface area contributed by atoms with Crippen LogP contribution in [0.5, 0.6) is 0 Å². The normalized spacial score (nSPS) is 25.0. The van der Waals surface area contributed by atoms with E-state index < -0.39 is 0 Å². The SMILES string of the molecule is C=CCC1(c2ccccc2)CC(C)c2ccccc21. The van der Waals surface area contributed by atoms with Gasteiger partial charge in [0.25, 0.3) is 0 Å². The van der Waals surface area contributed by atoms with Gasteiger partial charge in [0.1, 0.15) is 0 Å². The van der Waals surface area contributed by atoms with Crippen LogP contribution in [0.4, 0.5) is 0 Å². The molecule has 0 radical (unpaired) electrons. The number of rotatable bonds is 3. The zero-order valence-electron chi connectivity index (χ0n) is 11.5. The number of benzene rings is 2. The first-order valence-corrected chi connectivity index (χ1v) is 7.04. The van der Waals surface area contributed by atoms with Gasteiger partial charge in [-0.25, -0.2) is 0 Å². The van der Waals surface area contributed by atoms with Gasteiger partial charge in [-0.2, -0.15) is 0 Å². The summed E-state index contributed by atoms with van der Waals surface area (Å²) >= 11 is 0. The van der Waals surface area contributed by atoms with Gasteiger partial charge in [0, 0.05) is 5.41 Å². The molecular weight excluding hydrogens is 228 g/mol. The summed E-state index contributed by atoms with van der Waals surface area (Å²) in [5, 5.41) is 0. The lowest BCUT2D eigenvalue weighted by Crippen LogP contribution is -2.24. The smallest absolute Gasteiger partial charge is 0.0245 e. The molecule has 96 valence electrons. The molecule has 2 atom stereocenters. The molecular formula is C19H20. The van der Waals surface area contributed by atoms with Crippen molar-refractivity contribution in [2.24, 2.45) is 0 Å².